The van der Waals surface area contributed by atoms with E-state index in [9.17, 15) is 22.8 Å². The Balaban J connectivity index is 2.35. The molecule has 0 N–H and O–H groups in total. The lowest BCUT2D eigenvalue weighted by Crippen LogP contribution is -2.56. The van der Waals surface area contributed by atoms with Crippen LogP contribution in [0, 0.1) is 5.92 Å². The molecule has 1 aromatic rings. The van der Waals surface area contributed by atoms with E-state index in [0.29, 0.717) is 25.2 Å². The monoisotopic (exact) mass is 536 g/mol. The highest BCUT2D eigenvalue weighted by molar-refractivity contribution is 9.08. The fourth-order valence-corrected chi connectivity index (χ4v) is 4.52. The highest BCUT2D eigenvalue weighted by Crippen LogP contribution is 2.36. The summed E-state index contributed by atoms with van der Waals surface area (Å²) in [4.78, 5) is 28.5. The summed E-state index contributed by atoms with van der Waals surface area (Å²) in [6, 6.07) is 2.48. The number of hydrogen-bond donors (Lipinski definition) is 0. The quantitative estimate of drug-likeness (QED) is 0.369. The van der Waals surface area contributed by atoms with Crippen LogP contribution in [0.15, 0.2) is 12.1 Å². The topological polar surface area (TPSA) is 59.1 Å². The maximum Gasteiger partial charge on any atom is 0.416 e. The van der Waals surface area contributed by atoms with Crippen LogP contribution in [0.3, 0.4) is 0 Å². The number of hydrogen-bond acceptors (Lipinski definition) is 5. The van der Waals surface area contributed by atoms with Crippen molar-refractivity contribution in [1.82, 2.24) is 9.80 Å². The highest BCUT2D eigenvalue weighted by atomic mass is 79.9. The van der Waals surface area contributed by atoms with Crippen LogP contribution in [0.1, 0.15) is 61.7 Å². The maximum atomic E-state index is 13.8. The van der Waals surface area contributed by atoms with Crippen LogP contribution in [0.5, 0.6) is 0 Å². The van der Waals surface area contributed by atoms with Gasteiger partial charge in [0.2, 0.25) is 0 Å². The van der Waals surface area contributed by atoms with E-state index in [1.54, 1.807) is 25.7 Å². The Morgan fingerprint density at radius 3 is 2.30 bits per heavy atom. The van der Waals surface area contributed by atoms with Crippen LogP contribution in [0.4, 0.5) is 18.0 Å². The molecule has 1 fully saturated rings. The van der Waals surface area contributed by atoms with E-state index in [-0.39, 0.29) is 35.0 Å². The number of carbonyl (C=O) groups excluding carboxylic acids is 2. The Kier molecular flexibility index (Phi) is 8.84. The van der Waals surface area contributed by atoms with E-state index in [1.165, 1.54) is 6.07 Å². The van der Waals surface area contributed by atoms with Gasteiger partial charge in [-0.1, -0.05) is 29.8 Å². The standard InChI is InChI=1S/C23H32BrF3N2O4/c1-14(2)19-13-29(21(31)33-22(3,4)5)8-7-28(19)12-15-9-16(20(30)32-6)17(11-24)18(10-15)23(25,26)27/h9-10,14,19H,7-8,11-13H2,1-6H3. The van der Waals surface area contributed by atoms with Gasteiger partial charge in [-0.25, -0.2) is 9.59 Å². The van der Waals surface area contributed by atoms with Gasteiger partial charge < -0.3 is 14.4 Å². The molecule has 186 valence electrons. The zero-order chi connectivity index (χ0) is 25.1. The summed E-state index contributed by atoms with van der Waals surface area (Å²) in [6.07, 6.45) is -5.02. The van der Waals surface area contributed by atoms with Gasteiger partial charge in [-0.15, -0.1) is 0 Å². The number of ether oxygens (including phenoxy) is 2. The fourth-order valence-electron chi connectivity index (χ4n) is 3.92. The number of piperazine rings is 1. The number of carbonyl (C=O) groups is 2. The fraction of sp³-hybridized carbons (Fsp3) is 0.652. The molecule has 0 radical (unpaired) electrons. The predicted molar refractivity (Wildman–Crippen MR) is 122 cm³/mol. The van der Waals surface area contributed by atoms with Crippen molar-refractivity contribution in [3.8, 4) is 0 Å². The van der Waals surface area contributed by atoms with Gasteiger partial charge in [0.05, 0.1) is 18.2 Å². The van der Waals surface area contributed by atoms with E-state index in [0.717, 1.165) is 13.2 Å². The molecule has 1 aromatic carbocycles. The van der Waals surface area contributed by atoms with Crippen molar-refractivity contribution < 1.29 is 32.2 Å². The van der Waals surface area contributed by atoms with Crippen molar-refractivity contribution in [3.63, 3.8) is 0 Å². The van der Waals surface area contributed by atoms with Crippen LogP contribution in [-0.2, 0) is 27.5 Å². The molecule has 1 unspecified atom stereocenters. The van der Waals surface area contributed by atoms with E-state index >= 15 is 0 Å². The Morgan fingerprint density at radius 1 is 1.18 bits per heavy atom. The number of esters is 1. The molecule has 0 bridgehead atoms. The molecule has 10 heteroatoms. The highest BCUT2D eigenvalue weighted by Gasteiger charge is 2.37. The molecular weight excluding hydrogens is 505 g/mol. The Labute approximate surface area is 201 Å². The van der Waals surface area contributed by atoms with Gasteiger partial charge in [0, 0.05) is 37.6 Å². The van der Waals surface area contributed by atoms with Crippen molar-refractivity contribution in [2.75, 3.05) is 26.7 Å². The van der Waals surface area contributed by atoms with Crippen LogP contribution >= 0.6 is 15.9 Å². The average Bonchev–Trinajstić information content (AvgIpc) is 2.70. The third kappa shape index (κ3) is 7.09. The summed E-state index contributed by atoms with van der Waals surface area (Å²) >= 11 is 3.07. The lowest BCUT2D eigenvalue weighted by molar-refractivity contribution is -0.138. The summed E-state index contributed by atoms with van der Waals surface area (Å²) in [5, 5.41) is -0.129. The molecule has 1 saturated heterocycles. The second-order valence-corrected chi connectivity index (χ2v) is 10.1. The summed E-state index contributed by atoms with van der Waals surface area (Å²) < 4.78 is 51.5. The molecule has 0 aliphatic carbocycles. The third-order valence-corrected chi connectivity index (χ3v) is 6.06. The van der Waals surface area contributed by atoms with Crippen LogP contribution in [-0.4, -0.2) is 60.2 Å². The summed E-state index contributed by atoms with van der Waals surface area (Å²) in [6.45, 7) is 10.9. The minimum absolute atomic E-state index is 0.0852. The predicted octanol–water partition coefficient (Wildman–Crippen LogP) is 5.46. The second kappa shape index (κ2) is 10.6. The number of rotatable bonds is 5. The number of methoxy groups -OCH3 is 1. The van der Waals surface area contributed by atoms with E-state index in [1.807, 2.05) is 13.8 Å². The van der Waals surface area contributed by atoms with Crippen molar-refractivity contribution in [2.24, 2.45) is 5.92 Å². The SMILES string of the molecule is COC(=O)c1cc(CN2CCN(C(=O)OC(C)(C)C)CC2C(C)C)cc(C(F)(F)F)c1CBr. The molecule has 1 aliphatic heterocycles. The summed E-state index contributed by atoms with van der Waals surface area (Å²) in [5.74, 6) is -0.675. The van der Waals surface area contributed by atoms with Gasteiger partial charge in [-0.2, -0.15) is 13.2 Å². The first-order chi connectivity index (χ1) is 15.2. The number of benzene rings is 1. The molecular formula is C23H32BrF3N2O4. The van der Waals surface area contributed by atoms with Gasteiger partial charge in [-0.3, -0.25) is 4.90 Å². The first-order valence-corrected chi connectivity index (χ1v) is 11.9. The van der Waals surface area contributed by atoms with Crippen LogP contribution in [0.2, 0.25) is 0 Å². The zero-order valence-corrected chi connectivity index (χ0v) is 21.5. The minimum Gasteiger partial charge on any atom is -0.465 e. The summed E-state index contributed by atoms with van der Waals surface area (Å²) in [7, 11) is 1.14. The Hall–Kier alpha value is -1.81. The van der Waals surface area contributed by atoms with Crippen molar-refractivity contribution in [3.05, 3.63) is 34.4 Å². The van der Waals surface area contributed by atoms with Crippen molar-refractivity contribution in [2.45, 2.75) is 64.3 Å². The lowest BCUT2D eigenvalue weighted by Gasteiger charge is -2.43. The number of nitrogens with zero attached hydrogens (tertiary/aromatic N) is 2. The average molecular weight is 537 g/mol. The molecule has 1 atom stereocenters. The second-order valence-electron chi connectivity index (χ2n) is 9.50. The molecule has 33 heavy (non-hydrogen) atoms. The normalized spacial score (nSPS) is 17.9. The van der Waals surface area contributed by atoms with Gasteiger partial charge in [-0.05, 0) is 49.9 Å². The minimum atomic E-state index is -4.62. The molecule has 1 heterocycles. The van der Waals surface area contributed by atoms with E-state index < -0.39 is 29.4 Å². The van der Waals surface area contributed by atoms with Crippen molar-refractivity contribution in [1.29, 1.82) is 0 Å². The summed E-state index contributed by atoms with van der Waals surface area (Å²) in [5.41, 5.74) is -1.35. The molecule has 1 amide bonds. The number of amides is 1. The maximum absolute atomic E-state index is 13.8. The molecule has 0 saturated carbocycles. The van der Waals surface area contributed by atoms with Gasteiger partial charge in [0.25, 0.3) is 0 Å². The van der Waals surface area contributed by atoms with E-state index in [2.05, 4.69) is 20.8 Å². The first-order valence-electron chi connectivity index (χ1n) is 10.8. The molecule has 0 aromatic heterocycles. The third-order valence-electron chi connectivity index (χ3n) is 5.49. The molecule has 6 nitrogen and oxygen atoms in total. The number of alkyl halides is 4. The van der Waals surface area contributed by atoms with Crippen LogP contribution < -0.4 is 0 Å². The first kappa shape index (κ1) is 27.4. The van der Waals surface area contributed by atoms with Crippen LogP contribution in [0.25, 0.3) is 0 Å². The van der Waals surface area contributed by atoms with E-state index in [4.69, 9.17) is 9.47 Å². The number of halogens is 4. The van der Waals surface area contributed by atoms with Gasteiger partial charge >= 0.3 is 18.2 Å². The van der Waals surface area contributed by atoms with Gasteiger partial charge in [0.15, 0.2) is 0 Å². The Morgan fingerprint density at radius 2 is 1.82 bits per heavy atom. The lowest BCUT2D eigenvalue weighted by atomic mass is 9.95. The zero-order valence-electron chi connectivity index (χ0n) is 19.9. The molecule has 0 spiro atoms. The Bertz CT molecular complexity index is 868. The molecule has 1 aliphatic rings. The molecule has 2 rings (SSSR count). The largest absolute Gasteiger partial charge is 0.465 e. The smallest absolute Gasteiger partial charge is 0.416 e. The van der Waals surface area contributed by atoms with Gasteiger partial charge in [0.1, 0.15) is 5.60 Å². The van der Waals surface area contributed by atoms with Crippen molar-refractivity contribution >= 4 is 28.0 Å².